The Kier molecular flexibility index (Phi) is 3.66. The molecule has 18 heavy (non-hydrogen) atoms. The summed E-state index contributed by atoms with van der Waals surface area (Å²) in [4.78, 5) is 23.9. The predicted octanol–water partition coefficient (Wildman–Crippen LogP) is 1.40. The maximum absolute atomic E-state index is 11.4. The molecule has 0 saturated heterocycles. The van der Waals surface area contributed by atoms with Gasteiger partial charge in [0.25, 0.3) is 0 Å². The van der Waals surface area contributed by atoms with Gasteiger partial charge in [-0.25, -0.2) is 14.8 Å². The fourth-order valence-electron chi connectivity index (χ4n) is 1.63. The fraction of sp³-hybridized carbons (Fsp3) is 0.333. The number of hydrogen-bond acceptors (Lipinski definition) is 5. The summed E-state index contributed by atoms with van der Waals surface area (Å²) in [5.74, 6) is 0.967. The summed E-state index contributed by atoms with van der Waals surface area (Å²) in [7, 11) is 1.32. The van der Waals surface area contributed by atoms with E-state index >= 15 is 0 Å². The van der Waals surface area contributed by atoms with E-state index in [4.69, 9.17) is 0 Å². The Morgan fingerprint density at radius 2 is 2.28 bits per heavy atom. The van der Waals surface area contributed by atoms with Crippen LogP contribution in [-0.4, -0.2) is 32.6 Å². The Hall–Kier alpha value is -2.24. The predicted molar refractivity (Wildman–Crippen MR) is 64.5 cm³/mol. The van der Waals surface area contributed by atoms with Crippen LogP contribution in [0.2, 0.25) is 0 Å². The smallest absolute Gasteiger partial charge is 0.358 e. The average Bonchev–Trinajstić information content (AvgIpc) is 2.87. The van der Waals surface area contributed by atoms with Gasteiger partial charge in [0.15, 0.2) is 11.5 Å². The third-order valence-electron chi connectivity index (χ3n) is 2.45. The van der Waals surface area contributed by atoms with E-state index in [1.54, 1.807) is 18.6 Å². The molecule has 94 valence electrons. The van der Waals surface area contributed by atoms with Crippen LogP contribution in [-0.2, 0) is 11.2 Å². The Morgan fingerprint density at radius 1 is 1.44 bits per heavy atom. The number of aryl methyl sites for hydroxylation is 1. The molecule has 6 nitrogen and oxygen atoms in total. The van der Waals surface area contributed by atoms with Gasteiger partial charge >= 0.3 is 5.97 Å². The van der Waals surface area contributed by atoms with E-state index in [1.807, 2.05) is 4.57 Å². The maximum atomic E-state index is 11.4. The fourth-order valence-corrected chi connectivity index (χ4v) is 1.63. The van der Waals surface area contributed by atoms with Gasteiger partial charge in [0.2, 0.25) is 0 Å². The maximum Gasteiger partial charge on any atom is 0.358 e. The zero-order valence-electron chi connectivity index (χ0n) is 10.3. The molecule has 0 unspecified atom stereocenters. The molecule has 0 bridgehead atoms. The number of nitrogens with zero attached hydrogens (tertiary/aromatic N) is 4. The quantitative estimate of drug-likeness (QED) is 0.763. The van der Waals surface area contributed by atoms with E-state index in [2.05, 4.69) is 26.6 Å². The number of rotatable bonds is 4. The molecule has 0 spiro atoms. The van der Waals surface area contributed by atoms with Gasteiger partial charge in [-0.3, -0.25) is 9.55 Å². The number of esters is 1. The van der Waals surface area contributed by atoms with Gasteiger partial charge in [0.05, 0.1) is 19.5 Å². The van der Waals surface area contributed by atoms with Crippen LogP contribution in [0.3, 0.4) is 0 Å². The highest BCUT2D eigenvalue weighted by molar-refractivity contribution is 5.86. The van der Waals surface area contributed by atoms with Crippen molar-refractivity contribution in [2.45, 2.75) is 19.8 Å². The number of aromatic nitrogens is 4. The van der Waals surface area contributed by atoms with Crippen molar-refractivity contribution in [3.05, 3.63) is 36.3 Å². The number of imidazole rings is 1. The molecule has 0 amide bonds. The molecule has 0 fully saturated rings. The highest BCUT2D eigenvalue weighted by Gasteiger charge is 2.11. The summed E-state index contributed by atoms with van der Waals surface area (Å²) in [6.45, 7) is 2.08. The second-order valence-corrected chi connectivity index (χ2v) is 3.72. The van der Waals surface area contributed by atoms with Crippen molar-refractivity contribution in [1.82, 2.24) is 19.5 Å². The van der Waals surface area contributed by atoms with E-state index in [0.717, 1.165) is 18.7 Å². The lowest BCUT2D eigenvalue weighted by Gasteiger charge is -2.06. The molecule has 0 aliphatic heterocycles. The molecule has 0 saturated carbocycles. The van der Waals surface area contributed by atoms with Crippen molar-refractivity contribution in [1.29, 1.82) is 0 Å². The first kappa shape index (κ1) is 12.2. The molecule has 0 N–H and O–H groups in total. The second-order valence-electron chi connectivity index (χ2n) is 3.72. The molecule has 0 radical (unpaired) electrons. The number of methoxy groups -OCH3 is 1. The van der Waals surface area contributed by atoms with Gasteiger partial charge in [-0.2, -0.15) is 0 Å². The molecule has 6 heteroatoms. The topological polar surface area (TPSA) is 69.9 Å². The highest BCUT2D eigenvalue weighted by Crippen LogP contribution is 2.09. The van der Waals surface area contributed by atoms with E-state index in [-0.39, 0.29) is 5.69 Å². The lowest BCUT2D eigenvalue weighted by atomic mass is 10.3. The first-order chi connectivity index (χ1) is 8.76. The van der Waals surface area contributed by atoms with E-state index < -0.39 is 5.97 Å². The van der Waals surface area contributed by atoms with Crippen LogP contribution in [0.1, 0.15) is 29.7 Å². The molecule has 0 atom stereocenters. The Bertz CT molecular complexity index is 551. The average molecular weight is 246 g/mol. The first-order valence-electron chi connectivity index (χ1n) is 5.69. The summed E-state index contributed by atoms with van der Waals surface area (Å²) in [6.07, 6.45) is 8.31. The molecular formula is C12H14N4O2. The van der Waals surface area contributed by atoms with Gasteiger partial charge in [0, 0.05) is 18.8 Å². The van der Waals surface area contributed by atoms with Crippen molar-refractivity contribution in [3.8, 4) is 5.82 Å². The van der Waals surface area contributed by atoms with Crippen molar-refractivity contribution in [3.63, 3.8) is 0 Å². The van der Waals surface area contributed by atoms with Crippen LogP contribution in [0.5, 0.6) is 0 Å². The van der Waals surface area contributed by atoms with Crippen LogP contribution in [0.25, 0.3) is 5.82 Å². The SMILES string of the molecule is CCCc1nccn1-c1cncc(C(=O)OC)n1. The van der Waals surface area contributed by atoms with Gasteiger partial charge < -0.3 is 4.74 Å². The van der Waals surface area contributed by atoms with Crippen LogP contribution < -0.4 is 0 Å². The third kappa shape index (κ3) is 2.37. The monoisotopic (exact) mass is 246 g/mol. The number of carbonyl (C=O) groups is 1. The highest BCUT2D eigenvalue weighted by atomic mass is 16.5. The van der Waals surface area contributed by atoms with Gasteiger partial charge in [-0.05, 0) is 6.42 Å². The lowest BCUT2D eigenvalue weighted by molar-refractivity contribution is 0.0593. The summed E-state index contributed by atoms with van der Waals surface area (Å²) >= 11 is 0. The molecule has 2 rings (SSSR count). The normalized spacial score (nSPS) is 10.3. The number of ether oxygens (including phenoxy) is 1. The van der Waals surface area contributed by atoms with Crippen molar-refractivity contribution in [2.75, 3.05) is 7.11 Å². The molecular weight excluding hydrogens is 232 g/mol. The summed E-state index contributed by atoms with van der Waals surface area (Å²) in [5.41, 5.74) is 0.186. The van der Waals surface area contributed by atoms with Gasteiger partial charge in [-0.1, -0.05) is 6.92 Å². The summed E-state index contributed by atoms with van der Waals surface area (Å²) < 4.78 is 6.44. The second kappa shape index (κ2) is 5.39. The largest absolute Gasteiger partial charge is 0.464 e. The number of hydrogen-bond donors (Lipinski definition) is 0. The molecule has 0 aliphatic carbocycles. The van der Waals surface area contributed by atoms with Crippen LogP contribution in [0, 0.1) is 0 Å². The minimum atomic E-state index is -0.499. The Labute approximate surface area is 105 Å². The minimum Gasteiger partial charge on any atom is -0.464 e. The molecule has 2 aromatic rings. The zero-order valence-corrected chi connectivity index (χ0v) is 10.3. The minimum absolute atomic E-state index is 0.186. The standard InChI is InChI=1S/C12H14N4O2/c1-3-4-10-14-5-6-16(10)11-8-13-7-9(15-11)12(17)18-2/h5-8H,3-4H2,1-2H3. The van der Waals surface area contributed by atoms with Crippen LogP contribution >= 0.6 is 0 Å². The van der Waals surface area contributed by atoms with Crippen molar-refractivity contribution >= 4 is 5.97 Å². The van der Waals surface area contributed by atoms with Crippen LogP contribution in [0.15, 0.2) is 24.8 Å². The summed E-state index contributed by atoms with van der Waals surface area (Å²) in [6, 6.07) is 0. The Morgan fingerprint density at radius 3 is 3.00 bits per heavy atom. The zero-order chi connectivity index (χ0) is 13.0. The van der Waals surface area contributed by atoms with Crippen LogP contribution in [0.4, 0.5) is 0 Å². The van der Waals surface area contributed by atoms with Gasteiger partial charge in [0.1, 0.15) is 5.82 Å². The first-order valence-corrected chi connectivity index (χ1v) is 5.69. The van der Waals surface area contributed by atoms with Crippen molar-refractivity contribution in [2.24, 2.45) is 0 Å². The molecule has 2 heterocycles. The van der Waals surface area contributed by atoms with Gasteiger partial charge in [-0.15, -0.1) is 0 Å². The number of carbonyl (C=O) groups excluding carboxylic acids is 1. The van der Waals surface area contributed by atoms with E-state index in [9.17, 15) is 4.79 Å². The molecule has 0 aromatic carbocycles. The molecule has 2 aromatic heterocycles. The third-order valence-corrected chi connectivity index (χ3v) is 2.45. The van der Waals surface area contributed by atoms with E-state index in [0.29, 0.717) is 5.82 Å². The van der Waals surface area contributed by atoms with Crippen molar-refractivity contribution < 1.29 is 9.53 Å². The summed E-state index contributed by atoms with van der Waals surface area (Å²) in [5, 5.41) is 0. The Balaban J connectivity index is 2.38. The van der Waals surface area contributed by atoms with E-state index in [1.165, 1.54) is 13.3 Å². The lowest BCUT2D eigenvalue weighted by Crippen LogP contribution is -2.09. The molecule has 0 aliphatic rings.